The normalized spacial score (nSPS) is 18.2. The zero-order valence-electron chi connectivity index (χ0n) is 67.7. The molecule has 608 valence electrons. The number of aryl methyl sites for hydroxylation is 5. The van der Waals surface area contributed by atoms with Gasteiger partial charge in [0.05, 0.1) is 58.9 Å². The van der Waals surface area contributed by atoms with Gasteiger partial charge < -0.3 is 59.0 Å². The number of benzene rings is 3. The molecule has 9 heterocycles. The van der Waals surface area contributed by atoms with Gasteiger partial charge in [0.1, 0.15) is 5.75 Å². The van der Waals surface area contributed by atoms with Crippen molar-refractivity contribution in [1.29, 1.82) is 0 Å². The number of anilines is 5. The smallest absolute Gasteiger partial charge is 0.256 e. The minimum Gasteiger partial charge on any atom is -0.497 e. The molecule has 3 aromatic carbocycles. The van der Waals surface area contributed by atoms with Crippen LogP contribution >= 0.6 is 0 Å². The first-order valence-corrected chi connectivity index (χ1v) is 40.6. The van der Waals surface area contributed by atoms with Crippen LogP contribution in [0, 0.1) is 46.5 Å². The summed E-state index contributed by atoms with van der Waals surface area (Å²) >= 11 is 0. The van der Waals surface area contributed by atoms with E-state index in [9.17, 15) is 38.4 Å². The number of H-pyrrole nitrogens is 4. The molecule has 28 heteroatoms. The fourth-order valence-electron chi connectivity index (χ4n) is 15.5. The van der Waals surface area contributed by atoms with E-state index < -0.39 is 0 Å². The lowest BCUT2D eigenvalue weighted by atomic mass is 9.78. The van der Waals surface area contributed by atoms with E-state index in [4.69, 9.17) is 18.9 Å². The van der Waals surface area contributed by atoms with Crippen molar-refractivity contribution in [3.63, 3.8) is 0 Å². The van der Waals surface area contributed by atoms with Crippen LogP contribution in [0.15, 0.2) is 85.9 Å². The molecule has 0 bridgehead atoms. The summed E-state index contributed by atoms with van der Waals surface area (Å²) in [6.45, 7) is 30.2. The molecule has 113 heavy (non-hydrogen) atoms. The molecule has 4 saturated heterocycles. The Balaban J connectivity index is 0.000000149. The molecule has 2 saturated carbocycles. The van der Waals surface area contributed by atoms with Crippen molar-refractivity contribution in [3.05, 3.63) is 181 Å². The van der Waals surface area contributed by atoms with Crippen LogP contribution in [0.2, 0.25) is 0 Å². The third-order valence-electron chi connectivity index (χ3n) is 22.9. The van der Waals surface area contributed by atoms with Crippen molar-refractivity contribution < 1.29 is 38.1 Å². The summed E-state index contributed by atoms with van der Waals surface area (Å²) in [7, 11) is 1.58. The zero-order valence-corrected chi connectivity index (χ0v) is 67.7. The second-order valence-corrected chi connectivity index (χ2v) is 31.1. The maximum absolute atomic E-state index is 13.1. The van der Waals surface area contributed by atoms with Crippen LogP contribution in [0.4, 0.5) is 29.5 Å². The first-order valence-electron chi connectivity index (χ1n) is 40.6. The molecule has 0 spiro atoms. The molecular formula is C85H116N16O12. The summed E-state index contributed by atoms with van der Waals surface area (Å²) in [6.07, 6.45) is 10.9. The second-order valence-electron chi connectivity index (χ2n) is 31.1. The van der Waals surface area contributed by atoms with Crippen molar-refractivity contribution in [2.75, 3.05) is 131 Å². The Bertz CT molecular complexity index is 4630. The zero-order chi connectivity index (χ0) is 80.2. The minimum absolute atomic E-state index is 0.0134. The van der Waals surface area contributed by atoms with Crippen LogP contribution in [0.5, 0.6) is 5.75 Å². The van der Waals surface area contributed by atoms with Crippen molar-refractivity contribution in [2.24, 2.45) is 11.8 Å². The first kappa shape index (κ1) is 83.9. The number of morpholine rings is 3. The van der Waals surface area contributed by atoms with E-state index in [2.05, 4.69) is 126 Å². The number of aromatic amines is 4. The number of amides is 4. The van der Waals surface area contributed by atoms with Gasteiger partial charge >= 0.3 is 0 Å². The summed E-state index contributed by atoms with van der Waals surface area (Å²) in [4.78, 5) is 142. The molecule has 3 atom stereocenters. The van der Waals surface area contributed by atoms with Crippen molar-refractivity contribution >= 4 is 53.1 Å². The number of fused-ring (bicyclic) bond motifs is 1. The highest BCUT2D eigenvalue weighted by Gasteiger charge is 2.34. The monoisotopic (exact) mass is 1550 g/mol. The molecule has 0 radical (unpaired) electrons. The van der Waals surface area contributed by atoms with Gasteiger partial charge in [0.25, 0.3) is 22.2 Å². The maximum Gasteiger partial charge on any atom is 0.256 e. The number of carbonyl (C=O) groups excluding carboxylic acids is 4. The Morgan fingerprint density at radius 1 is 0.549 bits per heavy atom. The third kappa shape index (κ3) is 23.1. The highest BCUT2D eigenvalue weighted by atomic mass is 16.5. The largest absolute Gasteiger partial charge is 0.497 e. The van der Waals surface area contributed by atoms with E-state index in [1.54, 1.807) is 38.3 Å². The predicted molar refractivity (Wildman–Crippen MR) is 438 cm³/mol. The average Bonchev–Trinajstić information content (AvgIpc) is 1.65. The lowest BCUT2D eigenvalue weighted by Gasteiger charge is -2.34. The van der Waals surface area contributed by atoms with Crippen LogP contribution < -0.4 is 57.2 Å². The minimum atomic E-state index is -0.255. The number of rotatable bonds is 22. The van der Waals surface area contributed by atoms with Crippen LogP contribution in [-0.4, -0.2) is 191 Å². The van der Waals surface area contributed by atoms with E-state index in [-0.39, 0.29) is 58.3 Å². The van der Waals surface area contributed by atoms with Gasteiger partial charge in [-0.1, -0.05) is 83.0 Å². The Labute approximate surface area is 662 Å². The van der Waals surface area contributed by atoms with Crippen LogP contribution in [-0.2, 0) is 78.6 Å². The average molecular weight is 1550 g/mol. The molecule has 7 aliphatic rings. The quantitative estimate of drug-likeness (QED) is 0.0370. The van der Waals surface area contributed by atoms with Crippen molar-refractivity contribution in [2.45, 2.75) is 190 Å². The topological polar surface area (TPSA) is 332 Å². The van der Waals surface area contributed by atoms with Gasteiger partial charge in [-0.3, -0.25) is 58.3 Å². The molecule has 6 N–H and O–H groups in total. The molecule has 2 aliphatic carbocycles. The molecule has 4 aromatic heterocycles. The van der Waals surface area contributed by atoms with E-state index >= 15 is 0 Å². The van der Waals surface area contributed by atoms with E-state index in [0.717, 1.165) is 89.9 Å². The lowest BCUT2D eigenvalue weighted by Crippen LogP contribution is -2.43. The third-order valence-corrected chi connectivity index (χ3v) is 22.9. The SMILES string of the molecule is COc1ccc(NC(=O)Cc2c(C)nc(N3CCCC3)[nH]c2=O)cc1.Cc1cccc2c1CCN(C(=O)CCc1c(C)nc(N3CCOCC3)[nH]c1=O)C2.Cc1nc(N2CCOCC2)[nH]c(=O)c1CCC(=O)N(Cc1ccc(C(C)C)cc1)C1CC1.Cc1nc(N2CCOCC2)[nH]c(=O)c1CCC(=O)NC1CCCC(C)C1C. The summed E-state index contributed by atoms with van der Waals surface area (Å²) < 4.78 is 21.2. The Hall–Kier alpha value is -10.1. The fourth-order valence-corrected chi connectivity index (χ4v) is 15.5. The summed E-state index contributed by atoms with van der Waals surface area (Å²) in [6, 6.07) is 22.4. The molecule has 4 amide bonds. The number of hydrogen-bond acceptors (Lipinski definition) is 20. The highest BCUT2D eigenvalue weighted by Crippen LogP contribution is 2.32. The van der Waals surface area contributed by atoms with Crippen molar-refractivity contribution in [3.8, 4) is 5.75 Å². The Morgan fingerprint density at radius 2 is 1.03 bits per heavy atom. The molecule has 6 fully saturated rings. The molecular weight excluding hydrogens is 1440 g/mol. The van der Waals surface area contributed by atoms with E-state index in [1.807, 2.05) is 51.3 Å². The van der Waals surface area contributed by atoms with Crippen LogP contribution in [0.25, 0.3) is 0 Å². The molecule has 3 unspecified atom stereocenters. The van der Waals surface area contributed by atoms with Gasteiger partial charge in [0.2, 0.25) is 47.4 Å². The second kappa shape index (κ2) is 40.1. The Kier molecular flexibility index (Phi) is 29.8. The van der Waals surface area contributed by atoms with Gasteiger partial charge in [-0.15, -0.1) is 0 Å². The summed E-state index contributed by atoms with van der Waals surface area (Å²) in [5.41, 5.74) is 11.2. The number of hydrogen-bond donors (Lipinski definition) is 6. The van der Waals surface area contributed by atoms with Gasteiger partial charge in [0.15, 0.2) is 0 Å². The highest BCUT2D eigenvalue weighted by molar-refractivity contribution is 5.92. The molecule has 7 aromatic rings. The fraction of sp³-hybridized carbons (Fsp3) is 0.553. The summed E-state index contributed by atoms with van der Waals surface area (Å²) in [5, 5.41) is 5.96. The first-order chi connectivity index (χ1) is 54.5. The van der Waals surface area contributed by atoms with E-state index in [0.29, 0.717) is 208 Å². The number of methoxy groups -OCH3 is 1. The van der Waals surface area contributed by atoms with Crippen molar-refractivity contribution in [1.82, 2.24) is 55.0 Å². The molecule has 28 nitrogen and oxygen atoms in total. The Morgan fingerprint density at radius 3 is 1.50 bits per heavy atom. The van der Waals surface area contributed by atoms with Crippen LogP contribution in [0.1, 0.15) is 171 Å². The molecule has 14 rings (SSSR count). The number of nitrogens with zero attached hydrogens (tertiary/aromatic N) is 10. The lowest BCUT2D eigenvalue weighted by molar-refractivity contribution is -0.133. The predicted octanol–water partition coefficient (Wildman–Crippen LogP) is 8.56. The number of ether oxygens (including phenoxy) is 4. The standard InChI is InChI=1S/C25H34N4O3.C22H28N4O3.C20H32N4O3.C18H22N4O3/c1-17(2)20-6-4-19(5-7-20)16-29(21-8-9-21)23(30)11-10-22-18(3)26-25(27-24(22)31)28-12-14-32-15-13-28;1-15-4-3-5-17-14-26(9-8-18(15)17)20(27)7-6-19-16(2)23-22(24-21(19)28)25-10-12-29-13-11-25;1-13-5-4-6-17(14(13)2)22-18(25)8-7-16-15(3)21-20(23-19(16)26)24-9-11-27-12-10-24;1-12-15(17(24)21-18(19-12)22-9-3-4-10-22)11-16(23)20-13-5-7-14(25-2)8-6-13/h4-7,17,21H,8-16H2,1-3H3,(H,26,27,31);3-5H,6-14H2,1-2H3,(H,23,24,28);13-14,17H,4-12H2,1-3H3,(H,22,25)(H,21,23,26);5-8H,3-4,9-11H2,1-2H3,(H,20,23)(H,19,21,24). The van der Waals surface area contributed by atoms with Gasteiger partial charge in [-0.05, 0) is 162 Å². The number of aromatic nitrogens is 8. The summed E-state index contributed by atoms with van der Waals surface area (Å²) in [5.74, 6) is 4.70. The van der Waals surface area contributed by atoms with Gasteiger partial charge in [0, 0.05) is 148 Å². The maximum atomic E-state index is 13.1. The van der Waals surface area contributed by atoms with Gasteiger partial charge in [-0.2, -0.15) is 0 Å². The molecule has 5 aliphatic heterocycles. The van der Waals surface area contributed by atoms with Gasteiger partial charge in [-0.25, -0.2) is 19.9 Å². The van der Waals surface area contributed by atoms with E-state index in [1.165, 1.54) is 35.1 Å². The number of nitrogens with one attached hydrogen (secondary N) is 6. The number of carbonyl (C=O) groups is 4. The van der Waals surface area contributed by atoms with Crippen LogP contribution in [0.3, 0.4) is 0 Å².